The normalized spacial score (nSPS) is 20.1. The number of rotatable bonds is 6. The molecule has 0 aliphatic heterocycles. The largest absolute Gasteiger partial charge is 0.451 e. The van der Waals surface area contributed by atoms with Gasteiger partial charge in [0.25, 0.3) is 11.8 Å². The second-order valence-corrected chi connectivity index (χ2v) is 8.86. The maximum Gasteiger partial charge on any atom is 0.326 e. The van der Waals surface area contributed by atoms with E-state index in [9.17, 15) is 14.4 Å². The van der Waals surface area contributed by atoms with E-state index >= 15 is 0 Å². The van der Waals surface area contributed by atoms with Gasteiger partial charge in [0.05, 0.1) is 5.02 Å². The zero-order valence-electron chi connectivity index (χ0n) is 16.5. The van der Waals surface area contributed by atoms with Crippen LogP contribution in [-0.2, 0) is 14.3 Å². The van der Waals surface area contributed by atoms with E-state index in [0.717, 1.165) is 29.3 Å². The average molecular weight is 437 g/mol. The van der Waals surface area contributed by atoms with Gasteiger partial charge in [-0.25, -0.2) is 0 Å². The Hall–Kier alpha value is -2.12. The molecule has 0 unspecified atom stereocenters. The number of carbonyl (C=O) groups excluding carboxylic acids is 3. The third-order valence-electron chi connectivity index (χ3n) is 5.25. The molecule has 1 fully saturated rings. The summed E-state index contributed by atoms with van der Waals surface area (Å²) in [4.78, 5) is 37.1. The first-order chi connectivity index (χ1) is 13.9. The molecule has 1 aromatic carbocycles. The van der Waals surface area contributed by atoms with Crippen LogP contribution in [0.4, 0.5) is 0 Å². The standard InChI is InChI=1S/C21H25ClN2O4S/c1-12-7-3-5-9-15(12)24-20(26)13(2)28-17(25)11-23-21(27)19-18(22)14-8-4-6-10-16(14)29-19/h4,6,8,10,12-13,15H,3,5,7,9,11H2,1-2H3,(H,23,27)(H,24,26)/t12-,13-,15+/m1/s1. The van der Waals surface area contributed by atoms with Crippen molar-refractivity contribution in [3.8, 4) is 0 Å². The Kier molecular flexibility index (Phi) is 7.14. The number of hydrogen-bond donors (Lipinski definition) is 2. The zero-order valence-corrected chi connectivity index (χ0v) is 18.1. The number of esters is 1. The maximum atomic E-state index is 12.4. The summed E-state index contributed by atoms with van der Waals surface area (Å²) < 4.78 is 6.06. The highest BCUT2D eigenvalue weighted by Gasteiger charge is 2.26. The van der Waals surface area contributed by atoms with Crippen LogP contribution in [0.5, 0.6) is 0 Å². The van der Waals surface area contributed by atoms with Crippen molar-refractivity contribution in [1.29, 1.82) is 0 Å². The molecule has 2 amide bonds. The van der Waals surface area contributed by atoms with E-state index in [1.165, 1.54) is 24.7 Å². The molecule has 1 aliphatic rings. The van der Waals surface area contributed by atoms with Crippen molar-refractivity contribution in [3.05, 3.63) is 34.2 Å². The third kappa shape index (κ3) is 5.28. The van der Waals surface area contributed by atoms with Gasteiger partial charge >= 0.3 is 5.97 Å². The number of carbonyl (C=O) groups is 3. The fourth-order valence-electron chi connectivity index (χ4n) is 3.52. The van der Waals surface area contributed by atoms with Crippen molar-refractivity contribution < 1.29 is 19.1 Å². The molecule has 1 aliphatic carbocycles. The molecule has 156 valence electrons. The molecule has 0 saturated heterocycles. The van der Waals surface area contributed by atoms with Gasteiger partial charge in [-0.3, -0.25) is 14.4 Å². The lowest BCUT2D eigenvalue weighted by Gasteiger charge is -2.30. The molecule has 29 heavy (non-hydrogen) atoms. The summed E-state index contributed by atoms with van der Waals surface area (Å²) in [6.07, 6.45) is 3.39. The van der Waals surface area contributed by atoms with E-state index in [1.54, 1.807) is 0 Å². The van der Waals surface area contributed by atoms with Crippen molar-refractivity contribution in [1.82, 2.24) is 10.6 Å². The first-order valence-electron chi connectivity index (χ1n) is 9.82. The third-order valence-corrected chi connectivity index (χ3v) is 6.93. The molecule has 0 radical (unpaired) electrons. The first kappa shape index (κ1) is 21.6. The van der Waals surface area contributed by atoms with Gasteiger partial charge in [0.1, 0.15) is 11.4 Å². The molecule has 2 aromatic rings. The Morgan fingerprint density at radius 2 is 1.97 bits per heavy atom. The minimum atomic E-state index is -0.915. The lowest BCUT2D eigenvalue weighted by atomic mass is 9.86. The van der Waals surface area contributed by atoms with E-state index in [0.29, 0.717) is 15.8 Å². The number of halogens is 1. The van der Waals surface area contributed by atoms with E-state index in [-0.39, 0.29) is 18.5 Å². The first-order valence-corrected chi connectivity index (χ1v) is 11.0. The van der Waals surface area contributed by atoms with Crippen LogP contribution >= 0.6 is 22.9 Å². The van der Waals surface area contributed by atoms with Crippen molar-refractivity contribution in [2.75, 3.05) is 6.54 Å². The summed E-state index contributed by atoms with van der Waals surface area (Å²) in [6.45, 7) is 3.32. The smallest absolute Gasteiger partial charge is 0.326 e. The molecule has 3 rings (SSSR count). The van der Waals surface area contributed by atoms with Gasteiger partial charge in [-0.15, -0.1) is 11.3 Å². The molecule has 1 aromatic heterocycles. The number of benzene rings is 1. The van der Waals surface area contributed by atoms with Crippen molar-refractivity contribution >= 4 is 50.8 Å². The fourth-order valence-corrected chi connectivity index (χ4v) is 4.95. The molecule has 2 N–H and O–H groups in total. The molecule has 0 spiro atoms. The Morgan fingerprint density at radius 3 is 2.69 bits per heavy atom. The summed E-state index contributed by atoms with van der Waals surface area (Å²) in [5.74, 6) is -1.01. The Labute approximate surface area is 178 Å². The van der Waals surface area contributed by atoms with Gasteiger partial charge in [0.2, 0.25) is 0 Å². The molecular formula is C21H25ClN2O4S. The summed E-state index contributed by atoms with van der Waals surface area (Å²) in [5.41, 5.74) is 0. The molecule has 6 nitrogen and oxygen atoms in total. The Morgan fingerprint density at radius 1 is 1.24 bits per heavy atom. The molecule has 1 heterocycles. The van der Waals surface area contributed by atoms with Crippen LogP contribution in [0, 0.1) is 5.92 Å². The number of hydrogen-bond acceptors (Lipinski definition) is 5. The topological polar surface area (TPSA) is 84.5 Å². The quantitative estimate of drug-likeness (QED) is 0.672. The molecule has 0 bridgehead atoms. The number of fused-ring (bicyclic) bond motifs is 1. The molecule has 3 atom stereocenters. The number of ether oxygens (including phenoxy) is 1. The number of amides is 2. The number of thiophene rings is 1. The fraction of sp³-hybridized carbons (Fsp3) is 0.476. The molecular weight excluding hydrogens is 412 g/mol. The lowest BCUT2D eigenvalue weighted by Crippen LogP contribution is -2.46. The average Bonchev–Trinajstić information content (AvgIpc) is 3.05. The Balaban J connectivity index is 1.49. The van der Waals surface area contributed by atoms with Crippen molar-refractivity contribution in [3.63, 3.8) is 0 Å². The van der Waals surface area contributed by atoms with Crippen LogP contribution in [0.25, 0.3) is 10.1 Å². The van der Waals surface area contributed by atoms with Gasteiger partial charge in [-0.05, 0) is 31.7 Å². The second-order valence-electron chi connectivity index (χ2n) is 7.43. The highest BCUT2D eigenvalue weighted by molar-refractivity contribution is 7.21. The minimum absolute atomic E-state index is 0.118. The number of nitrogens with one attached hydrogen (secondary N) is 2. The van der Waals surface area contributed by atoms with Crippen LogP contribution in [0.15, 0.2) is 24.3 Å². The molecule has 8 heteroatoms. The van der Waals surface area contributed by atoms with Gasteiger partial charge < -0.3 is 15.4 Å². The van der Waals surface area contributed by atoms with Crippen LogP contribution < -0.4 is 10.6 Å². The highest BCUT2D eigenvalue weighted by atomic mass is 35.5. The monoisotopic (exact) mass is 436 g/mol. The summed E-state index contributed by atoms with van der Waals surface area (Å²) >= 11 is 7.54. The summed E-state index contributed by atoms with van der Waals surface area (Å²) in [7, 11) is 0. The lowest BCUT2D eigenvalue weighted by molar-refractivity contribution is -0.154. The maximum absolute atomic E-state index is 12.4. The SMILES string of the molecule is C[C@@H]1CCCC[C@@H]1NC(=O)[C@@H](C)OC(=O)CNC(=O)c1sc2ccccc2c1Cl. The van der Waals surface area contributed by atoms with E-state index in [2.05, 4.69) is 17.6 Å². The molecule has 1 saturated carbocycles. The van der Waals surface area contributed by atoms with Crippen LogP contribution in [0.3, 0.4) is 0 Å². The van der Waals surface area contributed by atoms with Crippen LogP contribution in [-0.4, -0.2) is 36.5 Å². The highest BCUT2D eigenvalue weighted by Crippen LogP contribution is 2.34. The predicted molar refractivity (Wildman–Crippen MR) is 114 cm³/mol. The van der Waals surface area contributed by atoms with E-state index in [1.807, 2.05) is 24.3 Å². The van der Waals surface area contributed by atoms with Crippen LogP contribution in [0.2, 0.25) is 5.02 Å². The van der Waals surface area contributed by atoms with Gasteiger partial charge in [-0.1, -0.05) is 49.6 Å². The van der Waals surface area contributed by atoms with Gasteiger partial charge in [0, 0.05) is 16.1 Å². The van der Waals surface area contributed by atoms with E-state index < -0.39 is 18.0 Å². The van der Waals surface area contributed by atoms with Crippen LogP contribution in [0.1, 0.15) is 49.2 Å². The van der Waals surface area contributed by atoms with Gasteiger partial charge in [-0.2, -0.15) is 0 Å². The Bertz CT molecular complexity index is 913. The summed E-state index contributed by atoms with van der Waals surface area (Å²) in [5, 5.41) is 6.65. The van der Waals surface area contributed by atoms with Crippen molar-refractivity contribution in [2.24, 2.45) is 5.92 Å². The van der Waals surface area contributed by atoms with E-state index in [4.69, 9.17) is 16.3 Å². The minimum Gasteiger partial charge on any atom is -0.451 e. The summed E-state index contributed by atoms with van der Waals surface area (Å²) in [6, 6.07) is 7.55. The van der Waals surface area contributed by atoms with Gasteiger partial charge in [0.15, 0.2) is 6.10 Å². The predicted octanol–water partition coefficient (Wildman–Crippen LogP) is 3.91. The zero-order chi connectivity index (χ0) is 21.0. The second kappa shape index (κ2) is 9.59. The van der Waals surface area contributed by atoms with Crippen molar-refractivity contribution in [2.45, 2.75) is 51.7 Å².